The first-order valence-corrected chi connectivity index (χ1v) is 10.5. The van der Waals surface area contributed by atoms with Gasteiger partial charge in [0.1, 0.15) is 0 Å². The van der Waals surface area contributed by atoms with Gasteiger partial charge >= 0.3 is 6.61 Å². The van der Waals surface area contributed by atoms with Gasteiger partial charge < -0.3 is 14.5 Å². The highest BCUT2D eigenvalue weighted by atomic mass is 32.2. The number of aromatic amines is 1. The summed E-state index contributed by atoms with van der Waals surface area (Å²) in [5.74, 6) is -2.31. The molecule has 2 aromatic heterocycles. The van der Waals surface area contributed by atoms with Crippen molar-refractivity contribution in [3.05, 3.63) is 35.4 Å². The van der Waals surface area contributed by atoms with E-state index in [1.54, 1.807) is 6.92 Å². The van der Waals surface area contributed by atoms with Crippen LogP contribution in [0.2, 0.25) is 0 Å². The fourth-order valence-corrected chi connectivity index (χ4v) is 3.87. The Bertz CT molecular complexity index is 1140. The molecule has 3 aromatic rings. The van der Waals surface area contributed by atoms with Crippen LogP contribution in [0.1, 0.15) is 43.9 Å². The van der Waals surface area contributed by atoms with E-state index >= 15 is 0 Å². The number of H-pyrrole nitrogens is 1. The number of aromatic nitrogens is 3. The Labute approximate surface area is 181 Å². The molecule has 0 aliphatic carbocycles. The number of hydrogen-bond donors (Lipinski definition) is 2. The zero-order valence-corrected chi connectivity index (χ0v) is 17.9. The van der Waals surface area contributed by atoms with Crippen molar-refractivity contribution in [3.63, 3.8) is 0 Å². The largest absolute Gasteiger partial charge is 0.478 e. The van der Waals surface area contributed by atoms with Crippen LogP contribution in [0.3, 0.4) is 0 Å². The smallest absolute Gasteiger partial charge is 0.387 e. The van der Waals surface area contributed by atoms with Crippen molar-refractivity contribution in [1.29, 1.82) is 0 Å². The summed E-state index contributed by atoms with van der Waals surface area (Å²) >= 11 is 0. The molecule has 0 aliphatic rings. The van der Waals surface area contributed by atoms with Crippen LogP contribution in [0.25, 0.3) is 10.9 Å². The van der Waals surface area contributed by atoms with E-state index in [0.717, 1.165) is 6.07 Å². The third-order valence-corrected chi connectivity index (χ3v) is 5.85. The van der Waals surface area contributed by atoms with E-state index < -0.39 is 35.4 Å². The van der Waals surface area contributed by atoms with Gasteiger partial charge in [0.05, 0.1) is 28.8 Å². The first-order chi connectivity index (χ1) is 15.2. The van der Waals surface area contributed by atoms with E-state index in [4.69, 9.17) is 4.74 Å². The van der Waals surface area contributed by atoms with E-state index in [2.05, 4.69) is 24.4 Å². The van der Waals surface area contributed by atoms with Crippen LogP contribution in [0.15, 0.2) is 23.2 Å². The number of alkyl halides is 4. The third-order valence-electron chi connectivity index (χ3n) is 4.74. The lowest BCUT2D eigenvalue weighted by atomic mass is 10.0. The summed E-state index contributed by atoms with van der Waals surface area (Å²) in [7, 11) is -0.860. The zero-order valence-electron chi connectivity index (χ0n) is 17.1. The highest BCUT2D eigenvalue weighted by molar-refractivity contribution is 7.86. The second-order valence-electron chi connectivity index (χ2n) is 6.67. The predicted molar refractivity (Wildman–Crippen MR) is 107 cm³/mol. The molecule has 0 saturated heterocycles. The lowest BCUT2D eigenvalue weighted by Gasteiger charge is -2.17. The minimum Gasteiger partial charge on any atom is -0.478 e. The Morgan fingerprint density at radius 2 is 1.94 bits per heavy atom. The van der Waals surface area contributed by atoms with Gasteiger partial charge in [-0.05, 0) is 12.5 Å². The number of anilines is 1. The van der Waals surface area contributed by atoms with Crippen molar-refractivity contribution in [2.45, 2.75) is 44.1 Å². The molecule has 0 radical (unpaired) electrons. The number of ether oxygens (including phenoxy) is 2. The molecule has 0 fully saturated rings. The van der Waals surface area contributed by atoms with Crippen molar-refractivity contribution in [1.82, 2.24) is 15.0 Å². The van der Waals surface area contributed by atoms with Crippen molar-refractivity contribution in [2.24, 2.45) is 0 Å². The Morgan fingerprint density at radius 1 is 1.22 bits per heavy atom. The highest BCUT2D eigenvalue weighted by Crippen LogP contribution is 2.37. The van der Waals surface area contributed by atoms with Gasteiger partial charge in [0.15, 0.2) is 16.8 Å². The molecular formula is C19H19F5N4O3S. The van der Waals surface area contributed by atoms with Crippen LogP contribution in [-0.2, 0) is 11.0 Å². The Morgan fingerprint density at radius 3 is 2.53 bits per heavy atom. The number of rotatable bonds is 9. The molecule has 1 aromatic carbocycles. The van der Waals surface area contributed by atoms with Gasteiger partial charge in [-0.2, -0.15) is 13.8 Å². The summed E-state index contributed by atoms with van der Waals surface area (Å²) < 4.78 is 90.8. The monoisotopic (exact) mass is 478 g/mol. The Hall–Kier alpha value is -2.96. The summed E-state index contributed by atoms with van der Waals surface area (Å²) in [5.41, 5.74) is -0.899. The van der Waals surface area contributed by atoms with Crippen LogP contribution in [0.5, 0.6) is 11.6 Å². The fourth-order valence-electron chi connectivity index (χ4n) is 2.97. The maximum absolute atomic E-state index is 14.3. The van der Waals surface area contributed by atoms with Gasteiger partial charge in [0.25, 0.3) is 12.3 Å². The minimum absolute atomic E-state index is 0.0558. The van der Waals surface area contributed by atoms with Gasteiger partial charge in [0, 0.05) is 17.5 Å². The maximum Gasteiger partial charge on any atom is 0.387 e. The van der Waals surface area contributed by atoms with E-state index in [1.807, 2.05) is 6.92 Å². The average molecular weight is 478 g/mol. The first-order valence-electron chi connectivity index (χ1n) is 9.34. The van der Waals surface area contributed by atoms with Gasteiger partial charge in [-0.15, -0.1) is 0 Å². The molecule has 13 heteroatoms. The molecule has 2 heterocycles. The number of nitrogens with zero attached hydrogens (tertiary/aromatic N) is 2. The van der Waals surface area contributed by atoms with Gasteiger partial charge in [-0.25, -0.2) is 22.4 Å². The van der Waals surface area contributed by atoms with Gasteiger partial charge in [0.2, 0.25) is 11.7 Å². The second-order valence-corrected chi connectivity index (χ2v) is 7.86. The van der Waals surface area contributed by atoms with Crippen LogP contribution >= 0.6 is 0 Å². The molecule has 0 saturated carbocycles. The van der Waals surface area contributed by atoms with Gasteiger partial charge in [-0.1, -0.05) is 19.9 Å². The number of hydrogen-bond acceptors (Lipinski definition) is 5. The molecule has 2 N–H and O–H groups in total. The molecular weight excluding hydrogens is 459 g/mol. The molecule has 2 atom stereocenters. The fraction of sp³-hybridized carbons (Fsp3) is 0.368. The van der Waals surface area contributed by atoms with Gasteiger partial charge in [-0.3, -0.25) is 4.72 Å². The number of nitrogens with one attached hydrogen (secondary N) is 2. The van der Waals surface area contributed by atoms with Crippen LogP contribution in [-0.4, -0.2) is 32.9 Å². The van der Waals surface area contributed by atoms with Crippen molar-refractivity contribution < 1.29 is 35.6 Å². The van der Waals surface area contributed by atoms with Crippen molar-refractivity contribution in [3.8, 4) is 11.6 Å². The van der Waals surface area contributed by atoms with Crippen LogP contribution in [0, 0.1) is 5.82 Å². The summed E-state index contributed by atoms with van der Waals surface area (Å²) in [6.45, 7) is 0.400. The number of fused-ring (bicyclic) bond motifs is 1. The average Bonchev–Trinajstić information content (AvgIpc) is 3.18. The SMILES string of the molecule is CCC(C)c1nc(NS(=O)c2c[nH]c3c(F)c(C(F)F)ccc23)nc(OC)c1OC(F)F. The Kier molecular flexibility index (Phi) is 7.16. The second kappa shape index (κ2) is 9.67. The Balaban J connectivity index is 1.99. The lowest BCUT2D eigenvalue weighted by Crippen LogP contribution is -2.14. The topological polar surface area (TPSA) is 89.1 Å². The number of benzene rings is 1. The van der Waals surface area contributed by atoms with E-state index in [0.29, 0.717) is 6.42 Å². The molecule has 32 heavy (non-hydrogen) atoms. The molecule has 0 spiro atoms. The third kappa shape index (κ3) is 4.61. The highest BCUT2D eigenvalue weighted by Gasteiger charge is 2.25. The molecule has 0 aliphatic heterocycles. The van der Waals surface area contributed by atoms with Crippen LogP contribution < -0.4 is 14.2 Å². The summed E-state index contributed by atoms with van der Waals surface area (Å²) in [5, 5.41) is 0.115. The van der Waals surface area contributed by atoms with Crippen LogP contribution in [0.4, 0.5) is 27.9 Å². The summed E-state index contributed by atoms with van der Waals surface area (Å²) in [6.07, 6.45) is -1.28. The molecule has 3 rings (SSSR count). The quantitative estimate of drug-likeness (QED) is 0.408. The van der Waals surface area contributed by atoms with E-state index in [-0.39, 0.29) is 45.0 Å². The number of halogens is 5. The lowest BCUT2D eigenvalue weighted by molar-refractivity contribution is -0.0526. The van der Waals surface area contributed by atoms with E-state index in [9.17, 15) is 26.2 Å². The number of methoxy groups -OCH3 is 1. The normalized spacial score (nSPS) is 13.6. The summed E-state index contributed by atoms with van der Waals surface area (Å²) in [6, 6.07) is 2.13. The molecule has 0 amide bonds. The molecule has 174 valence electrons. The van der Waals surface area contributed by atoms with Crippen molar-refractivity contribution >= 4 is 27.8 Å². The zero-order chi connectivity index (χ0) is 23.6. The van der Waals surface area contributed by atoms with Crippen molar-refractivity contribution in [2.75, 3.05) is 11.8 Å². The standard InChI is InChI=1S/C19H19F5N4O3S/c1-4-8(2)13-15(31-18(23)24)17(30-3)27-19(26-13)28-32(29)11-7-25-14-9(11)5-6-10(12(14)20)16(21)22/h5-8,16,18,25H,4H2,1-3H3,(H,26,27,28). The van der Waals surface area contributed by atoms with E-state index in [1.165, 1.54) is 19.4 Å². The molecule has 2 unspecified atom stereocenters. The minimum atomic E-state index is -3.14. The summed E-state index contributed by atoms with van der Waals surface area (Å²) in [4.78, 5) is 10.6. The predicted octanol–water partition coefficient (Wildman–Crippen LogP) is 5.29. The molecule has 0 bridgehead atoms. The first kappa shape index (κ1) is 23.7. The maximum atomic E-state index is 14.3. The molecule has 7 nitrogen and oxygen atoms in total.